The smallest absolute Gasteiger partial charge is 0.331 e. The van der Waals surface area contributed by atoms with Gasteiger partial charge in [-0.05, 0) is 30.7 Å². The topological polar surface area (TPSA) is 55.4 Å². The van der Waals surface area contributed by atoms with Crippen molar-refractivity contribution < 1.29 is 18.7 Å². The molecule has 6 heteroatoms. The van der Waals surface area contributed by atoms with Gasteiger partial charge in [0.05, 0.1) is 5.02 Å². The predicted octanol–water partition coefficient (Wildman–Crippen LogP) is 2.73. The molecule has 4 nitrogen and oxygen atoms in total. The summed E-state index contributed by atoms with van der Waals surface area (Å²) < 4.78 is 17.9. The van der Waals surface area contributed by atoms with Gasteiger partial charge in [0, 0.05) is 12.6 Å². The van der Waals surface area contributed by atoms with Crippen LogP contribution in [0.25, 0.3) is 6.08 Å². The third-order valence-electron chi connectivity index (χ3n) is 2.44. The maximum absolute atomic E-state index is 13.0. The van der Waals surface area contributed by atoms with Crippen LogP contribution in [-0.2, 0) is 14.3 Å². The van der Waals surface area contributed by atoms with Crippen molar-refractivity contribution in [3.8, 4) is 0 Å². The molecule has 1 amide bonds. The zero-order chi connectivity index (χ0) is 15.8. The van der Waals surface area contributed by atoms with Gasteiger partial charge in [0.25, 0.3) is 5.91 Å². The molecule has 112 valence electrons. The van der Waals surface area contributed by atoms with Crippen molar-refractivity contribution in [1.82, 2.24) is 5.32 Å². The minimum absolute atomic E-state index is 0.0392. The predicted molar refractivity (Wildman–Crippen MR) is 79.2 cm³/mol. The van der Waals surface area contributed by atoms with E-state index >= 15 is 0 Å². The van der Waals surface area contributed by atoms with Crippen LogP contribution in [0, 0.1) is 5.82 Å². The molecule has 0 aliphatic heterocycles. The van der Waals surface area contributed by atoms with Crippen molar-refractivity contribution in [1.29, 1.82) is 0 Å². The molecule has 0 saturated heterocycles. The Hall–Kier alpha value is -2.14. The van der Waals surface area contributed by atoms with Crippen LogP contribution >= 0.6 is 11.6 Å². The Labute approximate surface area is 127 Å². The minimum Gasteiger partial charge on any atom is -0.449 e. The molecule has 0 unspecified atom stereocenters. The third kappa shape index (κ3) is 5.79. The van der Waals surface area contributed by atoms with E-state index in [1.165, 1.54) is 37.3 Å². The minimum atomic E-state index is -0.918. The standard InChI is InChI=1S/C15H15ClFNO3/c1-3-8-18-15(20)10(2)21-14(19)7-5-11-4-6-13(17)12(16)9-11/h3-7,9-10H,1,8H2,2H3,(H,18,20)/b7-5+/t10-/m0/s1. The van der Waals surface area contributed by atoms with Crippen LogP contribution in [0.3, 0.4) is 0 Å². The first-order valence-corrected chi connectivity index (χ1v) is 6.54. The number of halogens is 2. The lowest BCUT2D eigenvalue weighted by atomic mass is 10.2. The lowest BCUT2D eigenvalue weighted by molar-refractivity contribution is -0.150. The molecule has 0 spiro atoms. The normalized spacial score (nSPS) is 12.0. The van der Waals surface area contributed by atoms with Gasteiger partial charge in [0.15, 0.2) is 6.10 Å². The maximum Gasteiger partial charge on any atom is 0.331 e. The first-order valence-electron chi connectivity index (χ1n) is 6.16. The van der Waals surface area contributed by atoms with E-state index in [9.17, 15) is 14.0 Å². The molecule has 1 aromatic carbocycles. The molecular weight excluding hydrogens is 297 g/mol. The van der Waals surface area contributed by atoms with E-state index in [1.807, 2.05) is 0 Å². The molecule has 0 heterocycles. The van der Waals surface area contributed by atoms with E-state index in [1.54, 1.807) is 0 Å². The van der Waals surface area contributed by atoms with E-state index in [-0.39, 0.29) is 5.02 Å². The van der Waals surface area contributed by atoms with E-state index in [4.69, 9.17) is 16.3 Å². The quantitative estimate of drug-likeness (QED) is 0.499. The fourth-order valence-electron chi connectivity index (χ4n) is 1.36. The Morgan fingerprint density at radius 2 is 2.24 bits per heavy atom. The van der Waals surface area contributed by atoms with Gasteiger partial charge in [-0.25, -0.2) is 9.18 Å². The molecule has 0 aliphatic rings. The second-order valence-electron chi connectivity index (χ2n) is 4.12. The van der Waals surface area contributed by atoms with Gasteiger partial charge in [-0.2, -0.15) is 0 Å². The molecule has 0 saturated carbocycles. The number of hydrogen-bond acceptors (Lipinski definition) is 3. The summed E-state index contributed by atoms with van der Waals surface area (Å²) in [6.45, 7) is 5.21. The van der Waals surface area contributed by atoms with Crippen molar-refractivity contribution in [3.63, 3.8) is 0 Å². The summed E-state index contributed by atoms with van der Waals surface area (Å²) in [5.74, 6) is -1.64. The van der Waals surface area contributed by atoms with Crippen molar-refractivity contribution in [2.24, 2.45) is 0 Å². The van der Waals surface area contributed by atoms with Crippen molar-refractivity contribution in [2.75, 3.05) is 6.54 Å². The Balaban J connectivity index is 2.56. The van der Waals surface area contributed by atoms with Crippen molar-refractivity contribution in [2.45, 2.75) is 13.0 Å². The number of esters is 1. The molecule has 0 aromatic heterocycles. The van der Waals surface area contributed by atoms with Gasteiger partial charge in [-0.3, -0.25) is 4.79 Å². The summed E-state index contributed by atoms with van der Waals surface area (Å²) in [6.07, 6.45) is 3.16. The van der Waals surface area contributed by atoms with Gasteiger partial charge in [-0.1, -0.05) is 23.7 Å². The van der Waals surface area contributed by atoms with Crippen LogP contribution < -0.4 is 5.32 Å². The highest BCUT2D eigenvalue weighted by molar-refractivity contribution is 6.30. The summed E-state index contributed by atoms with van der Waals surface area (Å²) in [5.41, 5.74) is 0.544. The number of rotatable bonds is 6. The highest BCUT2D eigenvalue weighted by Gasteiger charge is 2.15. The summed E-state index contributed by atoms with van der Waals surface area (Å²) >= 11 is 5.62. The molecular formula is C15H15ClFNO3. The van der Waals surface area contributed by atoms with Gasteiger partial charge < -0.3 is 10.1 Å². The Bertz CT molecular complexity index is 572. The number of carbonyl (C=O) groups is 2. The van der Waals surface area contributed by atoms with E-state index in [0.29, 0.717) is 12.1 Å². The molecule has 0 fully saturated rings. The second kappa shape index (κ2) is 8.21. The monoisotopic (exact) mass is 311 g/mol. The van der Waals surface area contributed by atoms with Gasteiger partial charge in [0.2, 0.25) is 0 Å². The lowest BCUT2D eigenvalue weighted by Gasteiger charge is -2.11. The molecule has 1 aromatic rings. The van der Waals surface area contributed by atoms with E-state index in [0.717, 1.165) is 6.08 Å². The molecule has 1 rings (SSSR count). The molecule has 21 heavy (non-hydrogen) atoms. The first-order chi connectivity index (χ1) is 9.93. The fourth-order valence-corrected chi connectivity index (χ4v) is 1.55. The van der Waals surface area contributed by atoms with Gasteiger partial charge >= 0.3 is 5.97 Å². The van der Waals surface area contributed by atoms with Crippen molar-refractivity contribution >= 4 is 29.6 Å². The molecule has 0 aliphatic carbocycles. The maximum atomic E-state index is 13.0. The first kappa shape index (κ1) is 16.9. The molecule has 1 atom stereocenters. The second-order valence-corrected chi connectivity index (χ2v) is 4.53. The zero-order valence-electron chi connectivity index (χ0n) is 11.4. The third-order valence-corrected chi connectivity index (χ3v) is 2.73. The molecule has 0 radical (unpaired) electrons. The SMILES string of the molecule is C=CCNC(=O)[C@H](C)OC(=O)/C=C/c1ccc(F)c(Cl)c1. The Morgan fingerprint density at radius 1 is 1.52 bits per heavy atom. The fraction of sp³-hybridized carbons (Fsp3) is 0.200. The number of ether oxygens (including phenoxy) is 1. The van der Waals surface area contributed by atoms with Crippen LogP contribution in [0.15, 0.2) is 36.9 Å². The van der Waals surface area contributed by atoms with Crippen LogP contribution in [-0.4, -0.2) is 24.5 Å². The average Bonchev–Trinajstić information content (AvgIpc) is 2.45. The highest BCUT2D eigenvalue weighted by Crippen LogP contribution is 2.16. The number of amides is 1. The highest BCUT2D eigenvalue weighted by atomic mass is 35.5. The van der Waals surface area contributed by atoms with Crippen LogP contribution in [0.4, 0.5) is 4.39 Å². The summed E-state index contributed by atoms with van der Waals surface area (Å²) in [4.78, 5) is 23.0. The molecule has 0 bridgehead atoms. The number of nitrogens with one attached hydrogen (secondary N) is 1. The van der Waals surface area contributed by atoms with Crippen molar-refractivity contribution in [3.05, 3.63) is 53.3 Å². The molecule has 1 N–H and O–H groups in total. The zero-order valence-corrected chi connectivity index (χ0v) is 12.2. The summed E-state index contributed by atoms with van der Waals surface area (Å²) in [7, 11) is 0. The van der Waals surface area contributed by atoms with Gasteiger partial charge in [-0.15, -0.1) is 6.58 Å². The Morgan fingerprint density at radius 3 is 2.86 bits per heavy atom. The van der Waals surface area contributed by atoms with Gasteiger partial charge in [0.1, 0.15) is 5.82 Å². The number of hydrogen-bond donors (Lipinski definition) is 1. The van der Waals surface area contributed by atoms with Crippen LogP contribution in [0.2, 0.25) is 5.02 Å². The van der Waals surface area contributed by atoms with Crippen LogP contribution in [0.1, 0.15) is 12.5 Å². The summed E-state index contributed by atoms with van der Waals surface area (Å²) in [5, 5.41) is 2.47. The van der Waals surface area contributed by atoms with E-state index in [2.05, 4.69) is 11.9 Å². The number of carbonyl (C=O) groups excluding carboxylic acids is 2. The Kier molecular flexibility index (Phi) is 6.62. The lowest BCUT2D eigenvalue weighted by Crippen LogP contribution is -2.35. The number of benzene rings is 1. The van der Waals surface area contributed by atoms with E-state index < -0.39 is 23.8 Å². The summed E-state index contributed by atoms with van der Waals surface area (Å²) in [6, 6.07) is 4.03. The average molecular weight is 312 g/mol. The largest absolute Gasteiger partial charge is 0.449 e. The van der Waals surface area contributed by atoms with Crippen LogP contribution in [0.5, 0.6) is 0 Å².